The van der Waals surface area contributed by atoms with Gasteiger partial charge in [0.15, 0.2) is 0 Å². The van der Waals surface area contributed by atoms with Crippen molar-refractivity contribution in [3.8, 4) is 0 Å². The predicted molar refractivity (Wildman–Crippen MR) is 73.3 cm³/mol. The summed E-state index contributed by atoms with van der Waals surface area (Å²) in [4.78, 5) is 2.58. The van der Waals surface area contributed by atoms with Gasteiger partial charge in [0.25, 0.3) is 0 Å². The average Bonchev–Trinajstić information content (AvgIpc) is 2.38. The summed E-state index contributed by atoms with van der Waals surface area (Å²) in [5, 5.41) is 12.0. The molecule has 17 heavy (non-hydrogen) atoms. The number of hydrogen-bond acceptors (Lipinski definition) is 3. The third kappa shape index (κ3) is 8.58. The number of aliphatic hydroxyl groups is 1. The Bertz CT molecular complexity index is 158. The molecule has 1 aliphatic rings. The van der Waals surface area contributed by atoms with Crippen LogP contribution in [-0.2, 0) is 0 Å². The van der Waals surface area contributed by atoms with E-state index in [-0.39, 0.29) is 0 Å². The van der Waals surface area contributed by atoms with Gasteiger partial charge >= 0.3 is 0 Å². The maximum atomic E-state index is 8.65. The molecule has 0 aromatic carbocycles. The largest absolute Gasteiger partial charge is 0.396 e. The van der Waals surface area contributed by atoms with E-state index in [1.165, 1.54) is 77.7 Å². The first kappa shape index (κ1) is 14.9. The Morgan fingerprint density at radius 1 is 0.765 bits per heavy atom. The van der Waals surface area contributed by atoms with Crippen molar-refractivity contribution < 1.29 is 5.11 Å². The Labute approximate surface area is 107 Å². The smallest absolute Gasteiger partial charge is 0.0431 e. The molecule has 0 saturated carbocycles. The molecule has 2 N–H and O–H groups in total. The highest BCUT2D eigenvalue weighted by molar-refractivity contribution is 4.67. The minimum absolute atomic E-state index is 0.366. The van der Waals surface area contributed by atoms with Crippen LogP contribution in [0.2, 0.25) is 0 Å². The van der Waals surface area contributed by atoms with Gasteiger partial charge in [-0.2, -0.15) is 0 Å². The van der Waals surface area contributed by atoms with Crippen molar-refractivity contribution in [1.29, 1.82) is 0 Å². The third-order valence-corrected chi connectivity index (χ3v) is 3.59. The van der Waals surface area contributed by atoms with Gasteiger partial charge < -0.3 is 15.3 Å². The van der Waals surface area contributed by atoms with Crippen LogP contribution in [0, 0.1) is 0 Å². The van der Waals surface area contributed by atoms with Gasteiger partial charge in [0, 0.05) is 32.8 Å². The summed E-state index contributed by atoms with van der Waals surface area (Å²) in [6.07, 6.45) is 10.4. The lowest BCUT2D eigenvalue weighted by atomic mass is 10.1. The number of rotatable bonds is 10. The van der Waals surface area contributed by atoms with Crippen LogP contribution < -0.4 is 5.32 Å². The molecule has 0 aliphatic carbocycles. The summed E-state index contributed by atoms with van der Waals surface area (Å²) in [6, 6.07) is 0. The molecule has 0 aromatic heterocycles. The highest BCUT2D eigenvalue weighted by Crippen LogP contribution is 2.09. The molecule has 3 heteroatoms. The Morgan fingerprint density at radius 3 is 1.88 bits per heavy atom. The lowest BCUT2D eigenvalue weighted by molar-refractivity contribution is 0.236. The number of nitrogens with zero attached hydrogens (tertiary/aromatic N) is 1. The Kier molecular flexibility index (Phi) is 9.66. The fourth-order valence-corrected chi connectivity index (χ4v) is 2.44. The van der Waals surface area contributed by atoms with Crippen molar-refractivity contribution >= 4 is 0 Å². The van der Waals surface area contributed by atoms with Crippen LogP contribution in [-0.4, -0.2) is 49.3 Å². The quantitative estimate of drug-likeness (QED) is 0.575. The number of unbranched alkanes of at least 4 members (excludes halogenated alkanes) is 7. The third-order valence-electron chi connectivity index (χ3n) is 3.59. The summed E-state index contributed by atoms with van der Waals surface area (Å²) in [5.74, 6) is 0. The van der Waals surface area contributed by atoms with Crippen LogP contribution in [0.4, 0.5) is 0 Å². The van der Waals surface area contributed by atoms with E-state index in [0.29, 0.717) is 6.61 Å². The summed E-state index contributed by atoms with van der Waals surface area (Å²) in [7, 11) is 0. The number of hydrogen-bond donors (Lipinski definition) is 2. The highest BCUT2D eigenvalue weighted by atomic mass is 16.2. The van der Waals surface area contributed by atoms with Gasteiger partial charge in [-0.15, -0.1) is 0 Å². The number of piperazine rings is 1. The van der Waals surface area contributed by atoms with Gasteiger partial charge in [0.05, 0.1) is 0 Å². The molecule has 0 atom stereocenters. The zero-order valence-corrected chi connectivity index (χ0v) is 11.3. The minimum Gasteiger partial charge on any atom is -0.396 e. The van der Waals surface area contributed by atoms with Crippen molar-refractivity contribution in [2.45, 2.75) is 51.4 Å². The van der Waals surface area contributed by atoms with Crippen molar-refractivity contribution in [3.05, 3.63) is 0 Å². The zero-order chi connectivity index (χ0) is 12.2. The fraction of sp³-hybridized carbons (Fsp3) is 1.00. The molecule has 0 spiro atoms. The van der Waals surface area contributed by atoms with E-state index < -0.39 is 0 Å². The minimum atomic E-state index is 0.366. The van der Waals surface area contributed by atoms with Crippen molar-refractivity contribution in [2.75, 3.05) is 39.3 Å². The fourth-order valence-electron chi connectivity index (χ4n) is 2.44. The summed E-state index contributed by atoms with van der Waals surface area (Å²) >= 11 is 0. The summed E-state index contributed by atoms with van der Waals surface area (Å²) in [6.45, 7) is 6.48. The average molecular weight is 242 g/mol. The van der Waals surface area contributed by atoms with Crippen LogP contribution in [0.15, 0.2) is 0 Å². The summed E-state index contributed by atoms with van der Waals surface area (Å²) < 4.78 is 0. The van der Waals surface area contributed by atoms with Crippen molar-refractivity contribution in [3.63, 3.8) is 0 Å². The van der Waals surface area contributed by atoms with E-state index in [1.54, 1.807) is 0 Å². The van der Waals surface area contributed by atoms with Gasteiger partial charge in [-0.05, 0) is 19.4 Å². The topological polar surface area (TPSA) is 35.5 Å². The van der Waals surface area contributed by atoms with Gasteiger partial charge in [-0.25, -0.2) is 0 Å². The second kappa shape index (κ2) is 11.0. The molecular weight excluding hydrogens is 212 g/mol. The molecule has 0 unspecified atom stereocenters. The van der Waals surface area contributed by atoms with Gasteiger partial charge in [0.2, 0.25) is 0 Å². The van der Waals surface area contributed by atoms with Crippen LogP contribution in [0.3, 0.4) is 0 Å². The predicted octanol–water partition coefficient (Wildman–Crippen LogP) is 2.00. The number of aliphatic hydroxyl groups excluding tert-OH is 1. The molecular formula is C14H30N2O. The molecule has 1 heterocycles. The van der Waals surface area contributed by atoms with Crippen LogP contribution in [0.5, 0.6) is 0 Å². The molecule has 1 rings (SSSR count). The van der Waals surface area contributed by atoms with Crippen molar-refractivity contribution in [1.82, 2.24) is 10.2 Å². The molecule has 0 aromatic rings. The molecule has 1 aliphatic heterocycles. The second-order valence-corrected chi connectivity index (χ2v) is 5.14. The Hall–Kier alpha value is -0.120. The normalized spacial score (nSPS) is 17.5. The molecule has 0 radical (unpaired) electrons. The molecule has 1 fully saturated rings. The van der Waals surface area contributed by atoms with E-state index >= 15 is 0 Å². The zero-order valence-electron chi connectivity index (χ0n) is 11.3. The first-order valence-corrected chi connectivity index (χ1v) is 7.47. The molecule has 3 nitrogen and oxygen atoms in total. The van der Waals surface area contributed by atoms with Crippen molar-refractivity contribution in [2.24, 2.45) is 0 Å². The monoisotopic (exact) mass is 242 g/mol. The van der Waals surface area contributed by atoms with E-state index in [0.717, 1.165) is 6.42 Å². The van der Waals surface area contributed by atoms with Gasteiger partial charge in [0.1, 0.15) is 0 Å². The standard InChI is InChI=1S/C14H30N2O/c17-14-8-6-4-2-1-3-5-7-11-16-12-9-15-10-13-16/h15,17H,1-14H2. The van der Waals surface area contributed by atoms with Crippen LogP contribution in [0.25, 0.3) is 0 Å². The molecule has 0 amide bonds. The highest BCUT2D eigenvalue weighted by Gasteiger charge is 2.07. The first-order chi connectivity index (χ1) is 8.43. The second-order valence-electron chi connectivity index (χ2n) is 5.14. The maximum absolute atomic E-state index is 8.65. The molecule has 0 bridgehead atoms. The Morgan fingerprint density at radius 2 is 1.29 bits per heavy atom. The maximum Gasteiger partial charge on any atom is 0.0431 e. The van der Waals surface area contributed by atoms with E-state index in [1.807, 2.05) is 0 Å². The lowest BCUT2D eigenvalue weighted by Crippen LogP contribution is -2.43. The van der Waals surface area contributed by atoms with Gasteiger partial charge in [-0.3, -0.25) is 0 Å². The molecule has 102 valence electrons. The van der Waals surface area contributed by atoms with Gasteiger partial charge in [-0.1, -0.05) is 38.5 Å². The summed E-state index contributed by atoms with van der Waals surface area (Å²) in [5.41, 5.74) is 0. The number of nitrogens with one attached hydrogen (secondary N) is 1. The lowest BCUT2D eigenvalue weighted by Gasteiger charge is -2.27. The SMILES string of the molecule is OCCCCCCCCCCN1CCNCC1. The van der Waals surface area contributed by atoms with E-state index in [9.17, 15) is 0 Å². The molecule has 1 saturated heterocycles. The van der Waals surface area contributed by atoms with Crippen LogP contribution >= 0.6 is 0 Å². The van der Waals surface area contributed by atoms with E-state index in [4.69, 9.17) is 5.11 Å². The Balaban J connectivity index is 1.75. The first-order valence-electron chi connectivity index (χ1n) is 7.47. The van der Waals surface area contributed by atoms with E-state index in [2.05, 4.69) is 10.2 Å². The van der Waals surface area contributed by atoms with Crippen LogP contribution in [0.1, 0.15) is 51.4 Å².